The molecular formula is C23H23F5N2OS. The number of carbonyl (C=O) groups excluding carboxylic acids is 1. The van der Waals surface area contributed by atoms with Crippen LogP contribution in [0.25, 0.3) is 5.57 Å². The number of nitrogens with zero attached hydrogens (tertiary/aromatic N) is 1. The summed E-state index contributed by atoms with van der Waals surface area (Å²) in [6, 6.07) is 9.78. The first-order valence-electron chi connectivity index (χ1n) is 10.4. The van der Waals surface area contributed by atoms with Crippen molar-refractivity contribution in [3.63, 3.8) is 0 Å². The lowest BCUT2D eigenvalue weighted by atomic mass is 9.87. The van der Waals surface area contributed by atoms with Crippen LogP contribution in [0.4, 0.5) is 22.0 Å². The number of hydrogen-bond acceptors (Lipinski definition) is 3. The van der Waals surface area contributed by atoms with Gasteiger partial charge in [0.15, 0.2) is 0 Å². The molecule has 0 spiro atoms. The van der Waals surface area contributed by atoms with Crippen molar-refractivity contribution in [2.45, 2.75) is 37.8 Å². The van der Waals surface area contributed by atoms with Crippen LogP contribution >= 0.6 is 11.3 Å². The van der Waals surface area contributed by atoms with Crippen LogP contribution in [0.1, 0.15) is 44.1 Å². The third-order valence-corrected chi connectivity index (χ3v) is 7.23. The molecule has 2 aliphatic rings. The number of alkyl halides is 5. The maximum atomic E-state index is 13.2. The highest BCUT2D eigenvalue weighted by Gasteiger charge is 2.57. The van der Waals surface area contributed by atoms with Crippen LogP contribution in [0.3, 0.4) is 0 Å². The number of fused-ring (bicyclic) bond motifs is 2. The summed E-state index contributed by atoms with van der Waals surface area (Å²) in [6.45, 7) is 0.0572. The van der Waals surface area contributed by atoms with E-state index in [9.17, 15) is 26.7 Å². The molecule has 1 aromatic carbocycles. The van der Waals surface area contributed by atoms with Crippen molar-refractivity contribution in [2.24, 2.45) is 0 Å². The zero-order valence-electron chi connectivity index (χ0n) is 17.5. The molecule has 1 N–H and O–H groups in total. The molecule has 4 rings (SSSR count). The Balaban J connectivity index is 1.68. The number of nitrogens with one attached hydrogen (secondary N) is 1. The number of carbonyl (C=O) groups is 1. The van der Waals surface area contributed by atoms with Crippen molar-refractivity contribution in [3.8, 4) is 0 Å². The fourth-order valence-electron chi connectivity index (χ4n) is 4.21. The molecule has 1 aliphatic heterocycles. The highest BCUT2D eigenvalue weighted by molar-refractivity contribution is 7.14. The average Bonchev–Trinajstić information content (AvgIpc) is 3.09. The van der Waals surface area contributed by atoms with Gasteiger partial charge >= 0.3 is 12.1 Å². The zero-order valence-corrected chi connectivity index (χ0v) is 18.3. The number of hydrogen-bond donors (Lipinski definition) is 1. The predicted octanol–water partition coefficient (Wildman–Crippen LogP) is 5.30. The van der Waals surface area contributed by atoms with E-state index in [1.165, 1.54) is 22.5 Å². The first-order valence-corrected chi connectivity index (χ1v) is 11.2. The third-order valence-electron chi connectivity index (χ3n) is 6.04. The van der Waals surface area contributed by atoms with Gasteiger partial charge in [-0.15, -0.1) is 11.3 Å². The van der Waals surface area contributed by atoms with Gasteiger partial charge in [0.2, 0.25) is 0 Å². The van der Waals surface area contributed by atoms with Gasteiger partial charge in [-0.25, -0.2) is 0 Å². The van der Waals surface area contributed by atoms with Gasteiger partial charge in [0, 0.05) is 18.0 Å². The minimum Gasteiger partial charge on any atom is -0.345 e. The standard InChI is InChI=1S/C23H23F5N2OS/c1-30-10-8-15(9-11-30)20-16-5-3-2-4-14(16)6-7-18-17(20)12-19(32-18)21(31)29-13-22(24,25)23(26,27)28/h2-5,12H,6-11,13H2,1H3,(H,29,31). The summed E-state index contributed by atoms with van der Waals surface area (Å²) in [7, 11) is 2.07. The fourth-order valence-corrected chi connectivity index (χ4v) is 5.29. The highest BCUT2D eigenvalue weighted by atomic mass is 32.1. The Labute approximate surface area is 186 Å². The monoisotopic (exact) mass is 470 g/mol. The normalized spacial score (nSPS) is 17.6. The van der Waals surface area contributed by atoms with Gasteiger partial charge in [-0.3, -0.25) is 4.79 Å². The summed E-state index contributed by atoms with van der Waals surface area (Å²) in [5, 5.41) is 1.77. The second-order valence-electron chi connectivity index (χ2n) is 8.27. The lowest BCUT2D eigenvalue weighted by Gasteiger charge is -2.27. The Bertz CT molecular complexity index is 1050. The van der Waals surface area contributed by atoms with E-state index in [-0.39, 0.29) is 4.88 Å². The van der Waals surface area contributed by atoms with Crippen molar-refractivity contribution in [1.82, 2.24) is 10.2 Å². The van der Waals surface area contributed by atoms with Gasteiger partial charge in [0.1, 0.15) is 0 Å². The van der Waals surface area contributed by atoms with Crippen LogP contribution in [0.5, 0.6) is 0 Å². The molecule has 172 valence electrons. The van der Waals surface area contributed by atoms with Crippen molar-refractivity contribution in [1.29, 1.82) is 0 Å². The number of rotatable bonds is 3. The molecule has 0 atom stereocenters. The fraction of sp³-hybridized carbons (Fsp3) is 0.435. The zero-order chi connectivity index (χ0) is 23.1. The van der Waals surface area contributed by atoms with E-state index in [0.717, 1.165) is 53.9 Å². The molecule has 1 aromatic heterocycles. The number of amides is 1. The van der Waals surface area contributed by atoms with E-state index < -0.39 is 24.6 Å². The first kappa shape index (κ1) is 22.9. The lowest BCUT2D eigenvalue weighted by Crippen LogP contribution is -2.46. The largest absolute Gasteiger partial charge is 0.455 e. The SMILES string of the molecule is CN1CCC(=C2c3ccccc3CCc3sc(C(=O)NCC(F)(F)C(F)(F)F)cc32)CC1. The summed E-state index contributed by atoms with van der Waals surface area (Å²) in [5.41, 5.74) is 5.59. The van der Waals surface area contributed by atoms with Gasteiger partial charge in [-0.1, -0.05) is 29.8 Å². The highest BCUT2D eigenvalue weighted by Crippen LogP contribution is 2.42. The van der Waals surface area contributed by atoms with Gasteiger partial charge in [0.25, 0.3) is 5.91 Å². The van der Waals surface area contributed by atoms with Gasteiger partial charge in [-0.05, 0) is 61.1 Å². The molecule has 3 nitrogen and oxygen atoms in total. The van der Waals surface area contributed by atoms with Gasteiger partial charge in [0.05, 0.1) is 11.4 Å². The Morgan fingerprint density at radius 2 is 1.72 bits per heavy atom. The molecule has 2 aromatic rings. The molecule has 1 aliphatic carbocycles. The second-order valence-corrected chi connectivity index (χ2v) is 9.41. The number of benzene rings is 1. The number of aryl methyl sites for hydroxylation is 2. The van der Waals surface area contributed by atoms with Crippen LogP contribution < -0.4 is 5.32 Å². The van der Waals surface area contributed by atoms with Crippen molar-refractivity contribution in [3.05, 3.63) is 62.3 Å². The molecule has 0 radical (unpaired) electrons. The maximum Gasteiger partial charge on any atom is 0.455 e. The molecule has 0 saturated carbocycles. The molecule has 1 fully saturated rings. The molecule has 9 heteroatoms. The lowest BCUT2D eigenvalue weighted by molar-refractivity contribution is -0.278. The maximum absolute atomic E-state index is 13.2. The second kappa shape index (κ2) is 8.59. The quantitative estimate of drug-likeness (QED) is 0.618. The molecule has 1 saturated heterocycles. The van der Waals surface area contributed by atoms with E-state index in [1.807, 2.05) is 12.1 Å². The number of likely N-dealkylation sites (tertiary alicyclic amines) is 1. The van der Waals surface area contributed by atoms with E-state index in [0.29, 0.717) is 6.42 Å². The van der Waals surface area contributed by atoms with Crippen LogP contribution in [0.15, 0.2) is 35.9 Å². The summed E-state index contributed by atoms with van der Waals surface area (Å²) in [4.78, 5) is 15.8. The Morgan fingerprint density at radius 3 is 2.41 bits per heavy atom. The number of thiophene rings is 1. The Morgan fingerprint density at radius 1 is 1.03 bits per heavy atom. The summed E-state index contributed by atoms with van der Waals surface area (Å²) >= 11 is 1.17. The Kier molecular flexibility index (Phi) is 6.15. The average molecular weight is 471 g/mol. The number of halogens is 5. The van der Waals surface area contributed by atoms with Crippen LogP contribution in [0, 0.1) is 0 Å². The predicted molar refractivity (Wildman–Crippen MR) is 114 cm³/mol. The molecule has 0 unspecified atom stereocenters. The van der Waals surface area contributed by atoms with Crippen molar-refractivity contribution in [2.75, 3.05) is 26.7 Å². The minimum absolute atomic E-state index is 0.151. The molecular weight excluding hydrogens is 447 g/mol. The van der Waals surface area contributed by atoms with Crippen molar-refractivity contribution >= 4 is 22.8 Å². The molecule has 1 amide bonds. The minimum atomic E-state index is -5.71. The van der Waals surface area contributed by atoms with Crippen LogP contribution in [0.2, 0.25) is 0 Å². The molecule has 2 heterocycles. The van der Waals surface area contributed by atoms with E-state index in [2.05, 4.69) is 24.1 Å². The van der Waals surface area contributed by atoms with E-state index >= 15 is 0 Å². The van der Waals surface area contributed by atoms with Crippen molar-refractivity contribution < 1.29 is 26.7 Å². The Hall–Kier alpha value is -2.26. The summed E-state index contributed by atoms with van der Waals surface area (Å²) < 4.78 is 63.8. The van der Waals surface area contributed by atoms with E-state index in [1.54, 1.807) is 11.4 Å². The van der Waals surface area contributed by atoms with Crippen LogP contribution in [-0.2, 0) is 12.8 Å². The van der Waals surface area contributed by atoms with Gasteiger partial charge in [-0.2, -0.15) is 22.0 Å². The van der Waals surface area contributed by atoms with E-state index in [4.69, 9.17) is 0 Å². The summed E-state index contributed by atoms with van der Waals surface area (Å²) in [6.07, 6.45) is -2.49. The van der Waals surface area contributed by atoms with Crippen LogP contribution in [-0.4, -0.2) is 49.6 Å². The molecule has 32 heavy (non-hydrogen) atoms. The first-order chi connectivity index (χ1) is 15.1. The molecule has 0 bridgehead atoms. The van der Waals surface area contributed by atoms with Gasteiger partial charge < -0.3 is 10.2 Å². The topological polar surface area (TPSA) is 32.3 Å². The smallest absolute Gasteiger partial charge is 0.345 e. The number of piperidine rings is 1. The third kappa shape index (κ3) is 4.45. The summed E-state index contributed by atoms with van der Waals surface area (Å²) in [5.74, 6) is -5.88.